The van der Waals surface area contributed by atoms with Crippen LogP contribution in [0.4, 0.5) is 5.00 Å². The van der Waals surface area contributed by atoms with Crippen LogP contribution < -0.4 is 5.32 Å². The Balaban J connectivity index is 0.00000294. The van der Waals surface area contributed by atoms with Crippen molar-refractivity contribution in [3.8, 4) is 10.6 Å². The smallest absolute Gasteiger partial charge is 0.229 e. The summed E-state index contributed by atoms with van der Waals surface area (Å²) in [6, 6.07) is 25.2. The van der Waals surface area contributed by atoms with E-state index in [0.29, 0.717) is 6.42 Å². The Morgan fingerprint density at radius 1 is 1.00 bits per heavy atom. The molecule has 4 nitrogen and oxygen atoms in total. The lowest BCUT2D eigenvalue weighted by molar-refractivity contribution is -0.115. The summed E-state index contributed by atoms with van der Waals surface area (Å²) in [5.41, 5.74) is 8.24. The van der Waals surface area contributed by atoms with E-state index in [-0.39, 0.29) is 18.3 Å². The molecule has 1 amide bonds. The third-order valence-electron chi connectivity index (χ3n) is 6.99. The van der Waals surface area contributed by atoms with Gasteiger partial charge < -0.3 is 5.32 Å². The zero-order valence-corrected chi connectivity index (χ0v) is 23.9. The number of thiazole rings is 1. The molecule has 2 aromatic heterocycles. The minimum atomic E-state index is 0. The number of thiophene rings is 1. The molecular formula is C31H30ClN3OS2. The van der Waals surface area contributed by atoms with Gasteiger partial charge in [-0.2, -0.15) is 0 Å². The molecule has 194 valence electrons. The number of aryl methyl sites for hydroxylation is 2. The molecule has 38 heavy (non-hydrogen) atoms. The molecule has 0 bridgehead atoms. The van der Waals surface area contributed by atoms with Crippen LogP contribution >= 0.6 is 35.1 Å². The number of benzene rings is 3. The maximum Gasteiger partial charge on any atom is 0.229 e. The number of anilines is 1. The highest BCUT2D eigenvalue weighted by Gasteiger charge is 2.28. The van der Waals surface area contributed by atoms with Crippen molar-refractivity contribution >= 4 is 56.2 Å². The van der Waals surface area contributed by atoms with Crippen molar-refractivity contribution < 1.29 is 4.79 Å². The van der Waals surface area contributed by atoms with Crippen molar-refractivity contribution in [3.63, 3.8) is 0 Å². The molecule has 3 heterocycles. The van der Waals surface area contributed by atoms with Gasteiger partial charge in [0.25, 0.3) is 0 Å². The summed E-state index contributed by atoms with van der Waals surface area (Å²) in [7, 11) is 0. The van der Waals surface area contributed by atoms with E-state index in [1.165, 1.54) is 26.3 Å². The predicted molar refractivity (Wildman–Crippen MR) is 163 cm³/mol. The molecule has 0 fully saturated rings. The maximum absolute atomic E-state index is 13.3. The lowest BCUT2D eigenvalue weighted by Crippen LogP contribution is -2.29. The molecule has 3 aromatic carbocycles. The van der Waals surface area contributed by atoms with Gasteiger partial charge in [0.1, 0.15) is 10.0 Å². The van der Waals surface area contributed by atoms with Crippen molar-refractivity contribution in [2.45, 2.75) is 39.8 Å². The fourth-order valence-electron chi connectivity index (χ4n) is 5.11. The van der Waals surface area contributed by atoms with E-state index in [4.69, 9.17) is 4.98 Å². The van der Waals surface area contributed by atoms with E-state index in [1.54, 1.807) is 22.7 Å². The molecule has 0 radical (unpaired) electrons. The van der Waals surface area contributed by atoms with Crippen molar-refractivity contribution in [2.75, 3.05) is 11.9 Å². The van der Waals surface area contributed by atoms with Crippen LogP contribution in [0.25, 0.3) is 20.8 Å². The van der Waals surface area contributed by atoms with Gasteiger partial charge in [-0.25, -0.2) is 4.98 Å². The SMILES string of the molecule is Cc1ccc(CC(=O)Nc2sc3c(c2-c2nc4ccccc4s2)CCN(Cc2ccccc2)C3)c(C)c1.Cl. The standard InChI is InChI=1S/C31H29N3OS2.ClH/c1-20-12-13-23(21(2)16-20)17-28(35)33-31-29(30-32-25-10-6-7-11-26(25)36-30)24-14-15-34(19-27(24)37-31)18-22-8-4-3-5-9-22;/h3-13,16H,14-15,17-19H2,1-2H3,(H,33,35);1H. The molecule has 0 saturated heterocycles. The van der Waals surface area contributed by atoms with E-state index >= 15 is 0 Å². The van der Waals surface area contributed by atoms with Gasteiger partial charge in [0, 0.05) is 30.1 Å². The maximum atomic E-state index is 13.3. The third kappa shape index (κ3) is 5.54. The summed E-state index contributed by atoms with van der Waals surface area (Å²) in [6.07, 6.45) is 1.32. The molecule has 0 spiro atoms. The summed E-state index contributed by atoms with van der Waals surface area (Å²) in [5, 5.41) is 5.22. The molecule has 7 heteroatoms. The average molecular weight is 560 g/mol. The second kappa shape index (κ2) is 11.4. The summed E-state index contributed by atoms with van der Waals surface area (Å²) >= 11 is 3.43. The first-order chi connectivity index (χ1) is 18.0. The van der Waals surface area contributed by atoms with Gasteiger partial charge in [-0.1, -0.05) is 66.2 Å². The summed E-state index contributed by atoms with van der Waals surface area (Å²) in [5.74, 6) is 0.0223. The van der Waals surface area contributed by atoms with Crippen molar-refractivity contribution in [1.82, 2.24) is 9.88 Å². The minimum absolute atomic E-state index is 0. The summed E-state index contributed by atoms with van der Waals surface area (Å²) < 4.78 is 1.17. The van der Waals surface area contributed by atoms with Crippen LogP contribution in [0.3, 0.4) is 0 Å². The minimum Gasteiger partial charge on any atom is -0.317 e. The highest BCUT2D eigenvalue weighted by Crippen LogP contribution is 2.45. The highest BCUT2D eigenvalue weighted by atomic mass is 35.5. The van der Waals surface area contributed by atoms with Gasteiger partial charge in [0.15, 0.2) is 0 Å². The second-order valence-corrected chi connectivity index (χ2v) is 11.9. The van der Waals surface area contributed by atoms with Crippen LogP contribution in [-0.2, 0) is 30.7 Å². The summed E-state index contributed by atoms with van der Waals surface area (Å²) in [6.45, 7) is 6.97. The molecule has 1 aliphatic heterocycles. The van der Waals surface area contributed by atoms with Crippen molar-refractivity contribution in [1.29, 1.82) is 0 Å². The van der Waals surface area contributed by atoms with Crippen molar-refractivity contribution in [2.24, 2.45) is 0 Å². The predicted octanol–water partition coefficient (Wildman–Crippen LogP) is 7.80. The van der Waals surface area contributed by atoms with Crippen LogP contribution in [0, 0.1) is 13.8 Å². The van der Waals surface area contributed by atoms with Crippen LogP contribution in [0.2, 0.25) is 0 Å². The van der Waals surface area contributed by atoms with Crippen LogP contribution in [0.5, 0.6) is 0 Å². The van der Waals surface area contributed by atoms with Gasteiger partial charge in [-0.15, -0.1) is 35.1 Å². The number of carbonyl (C=O) groups is 1. The molecule has 6 rings (SSSR count). The number of para-hydroxylation sites is 1. The second-order valence-electron chi connectivity index (χ2n) is 9.80. The number of rotatable bonds is 6. The largest absolute Gasteiger partial charge is 0.317 e. The fourth-order valence-corrected chi connectivity index (χ4v) is 7.53. The number of nitrogens with zero attached hydrogens (tertiary/aromatic N) is 2. The summed E-state index contributed by atoms with van der Waals surface area (Å²) in [4.78, 5) is 22.1. The van der Waals surface area contributed by atoms with E-state index in [0.717, 1.165) is 58.3 Å². The zero-order chi connectivity index (χ0) is 25.4. The Kier molecular flexibility index (Phi) is 7.96. The molecule has 0 aliphatic carbocycles. The Morgan fingerprint density at radius 2 is 1.79 bits per heavy atom. The topological polar surface area (TPSA) is 45.2 Å². The number of carbonyl (C=O) groups excluding carboxylic acids is 1. The zero-order valence-electron chi connectivity index (χ0n) is 21.5. The molecule has 0 saturated carbocycles. The van der Waals surface area contributed by atoms with E-state index in [1.807, 2.05) is 6.07 Å². The number of hydrogen-bond acceptors (Lipinski definition) is 5. The quantitative estimate of drug-likeness (QED) is 0.231. The van der Waals surface area contributed by atoms with E-state index in [9.17, 15) is 4.79 Å². The molecule has 1 N–H and O–H groups in total. The van der Waals surface area contributed by atoms with Gasteiger partial charge in [0.2, 0.25) is 5.91 Å². The number of nitrogens with one attached hydrogen (secondary N) is 1. The fraction of sp³-hybridized carbons (Fsp3) is 0.226. The van der Waals surface area contributed by atoms with Gasteiger partial charge in [-0.3, -0.25) is 9.69 Å². The van der Waals surface area contributed by atoms with Crippen molar-refractivity contribution in [3.05, 3.63) is 105 Å². The Bertz CT molecular complexity index is 1560. The average Bonchev–Trinajstić information content (AvgIpc) is 3.46. The highest BCUT2D eigenvalue weighted by molar-refractivity contribution is 7.22. The Labute approximate surface area is 237 Å². The van der Waals surface area contributed by atoms with Crippen LogP contribution in [-0.4, -0.2) is 22.3 Å². The normalized spacial score (nSPS) is 13.2. The number of fused-ring (bicyclic) bond motifs is 2. The number of halogens is 1. The van der Waals surface area contributed by atoms with Gasteiger partial charge in [-0.05, 0) is 54.7 Å². The molecule has 0 unspecified atom stereocenters. The number of aromatic nitrogens is 1. The number of amides is 1. The van der Waals surface area contributed by atoms with E-state index < -0.39 is 0 Å². The van der Waals surface area contributed by atoms with Gasteiger partial charge in [0.05, 0.1) is 16.6 Å². The first kappa shape index (κ1) is 26.6. The first-order valence-corrected chi connectivity index (χ1v) is 14.3. The van der Waals surface area contributed by atoms with Gasteiger partial charge >= 0.3 is 0 Å². The lowest BCUT2D eigenvalue weighted by atomic mass is 10.0. The van der Waals surface area contributed by atoms with E-state index in [2.05, 4.69) is 90.8 Å². The Hall–Kier alpha value is -3.03. The third-order valence-corrected chi connectivity index (χ3v) is 9.18. The molecule has 5 aromatic rings. The van der Waals surface area contributed by atoms with Crippen LogP contribution in [0.1, 0.15) is 32.7 Å². The monoisotopic (exact) mass is 559 g/mol. The molecule has 0 atom stereocenters. The number of hydrogen-bond donors (Lipinski definition) is 1. The Morgan fingerprint density at radius 3 is 2.58 bits per heavy atom. The van der Waals surface area contributed by atoms with Crippen LogP contribution in [0.15, 0.2) is 72.8 Å². The lowest BCUT2D eigenvalue weighted by Gasteiger charge is -2.27. The molecule has 1 aliphatic rings. The molecular weight excluding hydrogens is 530 g/mol. The first-order valence-electron chi connectivity index (χ1n) is 12.7.